The van der Waals surface area contributed by atoms with Crippen LogP contribution in [0.2, 0.25) is 0 Å². The predicted molar refractivity (Wildman–Crippen MR) is 113 cm³/mol. The van der Waals surface area contributed by atoms with Crippen molar-refractivity contribution in [3.63, 3.8) is 0 Å². The van der Waals surface area contributed by atoms with Crippen LogP contribution in [0.4, 0.5) is 0 Å². The third kappa shape index (κ3) is 4.30. The fraction of sp³-hybridized carbons (Fsp3) is 0.364. The Kier molecular flexibility index (Phi) is 6.01. The quantitative estimate of drug-likeness (QED) is 0.600. The first kappa shape index (κ1) is 20.6. The molecule has 2 aromatic heterocycles. The Balaban J connectivity index is 1.58. The number of hydrogen-bond acceptors (Lipinski definition) is 7. The molecular weight excluding hydrogens is 400 g/mol. The van der Waals surface area contributed by atoms with Crippen molar-refractivity contribution in [1.82, 2.24) is 19.6 Å². The lowest BCUT2D eigenvalue weighted by Crippen LogP contribution is -2.39. The maximum Gasteiger partial charge on any atom is 0.263 e. The van der Waals surface area contributed by atoms with Gasteiger partial charge < -0.3 is 23.5 Å². The van der Waals surface area contributed by atoms with Crippen LogP contribution in [-0.4, -0.2) is 52.8 Å². The van der Waals surface area contributed by atoms with Crippen LogP contribution in [0.25, 0.3) is 22.8 Å². The second-order valence-electron chi connectivity index (χ2n) is 7.29. The molecule has 0 aliphatic carbocycles. The van der Waals surface area contributed by atoms with Crippen molar-refractivity contribution in [2.45, 2.75) is 25.8 Å². The van der Waals surface area contributed by atoms with E-state index in [0.29, 0.717) is 22.9 Å². The zero-order valence-corrected chi connectivity index (χ0v) is 17.5. The molecule has 0 saturated carbocycles. The van der Waals surface area contributed by atoms with E-state index in [1.807, 2.05) is 4.90 Å². The molecule has 31 heavy (non-hydrogen) atoms. The van der Waals surface area contributed by atoms with Gasteiger partial charge in [-0.05, 0) is 49.6 Å². The van der Waals surface area contributed by atoms with E-state index < -0.39 is 0 Å². The Bertz CT molecular complexity index is 1130. The number of amides is 1. The molecule has 9 nitrogen and oxygen atoms in total. The van der Waals surface area contributed by atoms with Crippen LogP contribution in [-0.2, 0) is 11.3 Å². The van der Waals surface area contributed by atoms with E-state index in [0.717, 1.165) is 32.4 Å². The molecule has 1 aromatic carbocycles. The molecule has 4 rings (SSSR count). The topological polar surface area (TPSA) is 99.7 Å². The largest absolute Gasteiger partial charge is 0.493 e. The molecule has 0 radical (unpaired) electrons. The summed E-state index contributed by atoms with van der Waals surface area (Å²) in [5.74, 6) is 1.46. The fourth-order valence-corrected chi connectivity index (χ4v) is 3.64. The molecule has 162 valence electrons. The average Bonchev–Trinajstić information content (AvgIpc) is 3.30. The number of rotatable bonds is 6. The predicted octanol–water partition coefficient (Wildman–Crippen LogP) is 2.59. The smallest absolute Gasteiger partial charge is 0.263 e. The van der Waals surface area contributed by atoms with Crippen molar-refractivity contribution in [2.75, 3.05) is 27.3 Å². The third-order valence-corrected chi connectivity index (χ3v) is 5.33. The first-order chi connectivity index (χ1) is 15.1. The highest BCUT2D eigenvalue weighted by molar-refractivity contribution is 5.76. The van der Waals surface area contributed by atoms with Crippen molar-refractivity contribution in [2.24, 2.45) is 0 Å². The standard InChI is InChI=1S/C22H24N4O5/c1-29-17-9-8-15(13-18(17)30-2)20-23-21(31-24-20)16-7-6-12-26(22(16)28)14-19(27)25-10-4-3-5-11-25/h6-9,12-13H,3-5,10-11,14H2,1-2H3. The van der Waals surface area contributed by atoms with Crippen molar-refractivity contribution < 1.29 is 18.8 Å². The van der Waals surface area contributed by atoms with E-state index in [2.05, 4.69) is 10.1 Å². The number of likely N-dealkylation sites (tertiary alicyclic amines) is 1. The molecule has 0 unspecified atom stereocenters. The molecule has 0 bridgehead atoms. The molecule has 1 aliphatic rings. The number of hydrogen-bond donors (Lipinski definition) is 0. The first-order valence-electron chi connectivity index (χ1n) is 10.1. The SMILES string of the molecule is COc1ccc(-c2noc(-c3cccn(CC(=O)N4CCCCC4)c3=O)n2)cc1OC. The minimum atomic E-state index is -0.352. The van der Waals surface area contributed by atoms with E-state index in [9.17, 15) is 9.59 Å². The fourth-order valence-electron chi connectivity index (χ4n) is 3.64. The number of nitrogens with zero attached hydrogens (tertiary/aromatic N) is 4. The van der Waals surface area contributed by atoms with Gasteiger partial charge in [0.05, 0.1) is 14.2 Å². The number of methoxy groups -OCH3 is 2. The lowest BCUT2D eigenvalue weighted by molar-refractivity contribution is -0.132. The van der Waals surface area contributed by atoms with Gasteiger partial charge in [0.15, 0.2) is 11.5 Å². The van der Waals surface area contributed by atoms with Gasteiger partial charge in [-0.2, -0.15) is 4.98 Å². The molecule has 1 amide bonds. The molecule has 3 aromatic rings. The minimum absolute atomic E-state index is 0.0106. The lowest BCUT2D eigenvalue weighted by Gasteiger charge is -2.26. The summed E-state index contributed by atoms with van der Waals surface area (Å²) in [4.78, 5) is 31.7. The molecule has 1 fully saturated rings. The number of pyridine rings is 1. The normalized spacial score (nSPS) is 13.8. The summed E-state index contributed by atoms with van der Waals surface area (Å²) in [5.41, 5.74) is 0.549. The zero-order valence-electron chi connectivity index (χ0n) is 17.5. The summed E-state index contributed by atoms with van der Waals surface area (Å²) in [5, 5.41) is 3.99. The third-order valence-electron chi connectivity index (χ3n) is 5.33. The van der Waals surface area contributed by atoms with Crippen LogP contribution in [0.1, 0.15) is 19.3 Å². The van der Waals surface area contributed by atoms with E-state index in [1.165, 1.54) is 4.57 Å². The van der Waals surface area contributed by atoms with Crippen LogP contribution >= 0.6 is 0 Å². The van der Waals surface area contributed by atoms with Crippen LogP contribution in [0.15, 0.2) is 45.8 Å². The number of carbonyl (C=O) groups is 1. The number of carbonyl (C=O) groups excluding carboxylic acids is 1. The zero-order chi connectivity index (χ0) is 21.8. The van der Waals surface area contributed by atoms with E-state index >= 15 is 0 Å². The molecule has 0 spiro atoms. The van der Waals surface area contributed by atoms with Crippen LogP contribution in [0.3, 0.4) is 0 Å². The maximum atomic E-state index is 12.9. The van der Waals surface area contributed by atoms with E-state index in [4.69, 9.17) is 14.0 Å². The van der Waals surface area contributed by atoms with Gasteiger partial charge in [0.25, 0.3) is 11.4 Å². The maximum absolute atomic E-state index is 12.9. The summed E-state index contributed by atoms with van der Waals surface area (Å²) in [7, 11) is 3.10. The van der Waals surface area contributed by atoms with Crippen molar-refractivity contribution in [3.8, 4) is 34.3 Å². The monoisotopic (exact) mass is 424 g/mol. The van der Waals surface area contributed by atoms with Gasteiger partial charge in [0.2, 0.25) is 11.7 Å². The Morgan fingerprint density at radius 2 is 1.87 bits per heavy atom. The summed E-state index contributed by atoms with van der Waals surface area (Å²) < 4.78 is 17.3. The second-order valence-corrected chi connectivity index (χ2v) is 7.29. The lowest BCUT2D eigenvalue weighted by atomic mass is 10.1. The number of ether oxygens (including phenoxy) is 2. The number of aromatic nitrogens is 3. The molecule has 3 heterocycles. The highest BCUT2D eigenvalue weighted by Gasteiger charge is 2.20. The van der Waals surface area contributed by atoms with Crippen molar-refractivity contribution in [1.29, 1.82) is 0 Å². The Morgan fingerprint density at radius 1 is 1.10 bits per heavy atom. The minimum Gasteiger partial charge on any atom is -0.493 e. The second kappa shape index (κ2) is 9.03. The highest BCUT2D eigenvalue weighted by Crippen LogP contribution is 2.31. The van der Waals surface area contributed by atoms with Gasteiger partial charge in [-0.1, -0.05) is 5.16 Å². The van der Waals surface area contributed by atoms with Crippen molar-refractivity contribution in [3.05, 3.63) is 46.9 Å². The average molecular weight is 424 g/mol. The molecule has 0 atom stereocenters. The van der Waals surface area contributed by atoms with Gasteiger partial charge in [-0.3, -0.25) is 9.59 Å². The van der Waals surface area contributed by atoms with Crippen LogP contribution in [0.5, 0.6) is 11.5 Å². The van der Waals surface area contributed by atoms with Gasteiger partial charge >= 0.3 is 0 Å². The summed E-state index contributed by atoms with van der Waals surface area (Å²) in [6.45, 7) is 1.47. The van der Waals surface area contributed by atoms with Gasteiger partial charge in [-0.25, -0.2) is 0 Å². The first-order valence-corrected chi connectivity index (χ1v) is 10.1. The van der Waals surface area contributed by atoms with Crippen LogP contribution < -0.4 is 15.0 Å². The molecule has 1 saturated heterocycles. The number of piperidine rings is 1. The highest BCUT2D eigenvalue weighted by atomic mass is 16.5. The van der Waals surface area contributed by atoms with E-state index in [1.54, 1.807) is 50.7 Å². The molecule has 9 heteroatoms. The Labute approximate surface area is 179 Å². The molecule has 1 aliphatic heterocycles. The molecular formula is C22H24N4O5. The molecule has 0 N–H and O–H groups in total. The van der Waals surface area contributed by atoms with Gasteiger partial charge in [-0.15, -0.1) is 0 Å². The van der Waals surface area contributed by atoms with Gasteiger partial charge in [0.1, 0.15) is 12.1 Å². The Morgan fingerprint density at radius 3 is 2.61 bits per heavy atom. The summed E-state index contributed by atoms with van der Waals surface area (Å²) in [6.07, 6.45) is 4.74. The van der Waals surface area contributed by atoms with Crippen LogP contribution in [0, 0.1) is 0 Å². The van der Waals surface area contributed by atoms with E-state index in [-0.39, 0.29) is 29.5 Å². The number of benzene rings is 1. The Hall–Kier alpha value is -3.62. The van der Waals surface area contributed by atoms with Gasteiger partial charge in [0, 0.05) is 24.8 Å². The van der Waals surface area contributed by atoms with Crippen molar-refractivity contribution >= 4 is 5.91 Å². The summed E-state index contributed by atoms with van der Waals surface area (Å²) in [6, 6.07) is 8.55. The summed E-state index contributed by atoms with van der Waals surface area (Å²) >= 11 is 0.